The van der Waals surface area contributed by atoms with E-state index in [0.717, 1.165) is 11.4 Å². The summed E-state index contributed by atoms with van der Waals surface area (Å²) in [6.07, 6.45) is 0.221. The molecule has 0 aliphatic heterocycles. The lowest BCUT2D eigenvalue weighted by molar-refractivity contribution is -0.136. The Bertz CT molecular complexity index is 801. The largest absolute Gasteiger partial charge is 0.494 e. The maximum Gasteiger partial charge on any atom is 0.305 e. The number of amides is 1. The van der Waals surface area contributed by atoms with E-state index in [1.54, 1.807) is 48.5 Å². The topological polar surface area (TPSA) is 105 Å². The smallest absolute Gasteiger partial charge is 0.305 e. The van der Waals surface area contributed by atoms with E-state index in [0.29, 0.717) is 30.7 Å². The highest BCUT2D eigenvalue weighted by Gasteiger charge is 2.08. The van der Waals surface area contributed by atoms with Crippen molar-refractivity contribution in [3.8, 4) is 5.75 Å². The second-order valence-electron chi connectivity index (χ2n) is 6.03. The van der Waals surface area contributed by atoms with Crippen LogP contribution in [0.3, 0.4) is 0 Å². The molecule has 2 aromatic carbocycles. The molecule has 0 bridgehead atoms. The van der Waals surface area contributed by atoms with Crippen LogP contribution in [0.1, 0.15) is 40.5 Å². The van der Waals surface area contributed by atoms with E-state index in [2.05, 4.69) is 10.6 Å². The fourth-order valence-corrected chi connectivity index (χ4v) is 2.49. The van der Waals surface area contributed by atoms with E-state index < -0.39 is 5.97 Å². The van der Waals surface area contributed by atoms with Crippen molar-refractivity contribution >= 4 is 23.3 Å². The van der Waals surface area contributed by atoms with Gasteiger partial charge in [0.1, 0.15) is 5.75 Å². The maximum atomic E-state index is 12.2. The summed E-state index contributed by atoms with van der Waals surface area (Å²) in [5.74, 6) is -0.507. The lowest BCUT2D eigenvalue weighted by Crippen LogP contribution is -2.25. The van der Waals surface area contributed by atoms with Crippen molar-refractivity contribution in [3.63, 3.8) is 0 Å². The first kappa shape index (κ1) is 21.0. The molecule has 0 atom stereocenters. The zero-order valence-electron chi connectivity index (χ0n) is 15.7. The number of Topliss-reactive ketones (excluding diaryl/α,β-unsaturated/α-hetero) is 1. The van der Waals surface area contributed by atoms with E-state index in [4.69, 9.17) is 9.84 Å². The Morgan fingerprint density at radius 1 is 0.893 bits per heavy atom. The summed E-state index contributed by atoms with van der Waals surface area (Å²) >= 11 is 0. The molecule has 2 rings (SSSR count). The third-order valence-electron chi connectivity index (χ3n) is 3.94. The third kappa shape index (κ3) is 6.75. The number of hydrogen-bond acceptors (Lipinski definition) is 5. The molecular formula is C21H24N2O5. The normalized spacial score (nSPS) is 10.2. The van der Waals surface area contributed by atoms with E-state index in [-0.39, 0.29) is 24.7 Å². The van der Waals surface area contributed by atoms with Crippen molar-refractivity contribution in [2.45, 2.75) is 19.8 Å². The molecule has 0 aromatic heterocycles. The number of carbonyl (C=O) groups excluding carboxylic acids is 2. The zero-order valence-corrected chi connectivity index (χ0v) is 15.7. The summed E-state index contributed by atoms with van der Waals surface area (Å²) < 4.78 is 5.36. The maximum absolute atomic E-state index is 12.2. The van der Waals surface area contributed by atoms with Crippen LogP contribution in [0, 0.1) is 0 Å². The Morgan fingerprint density at radius 2 is 1.54 bits per heavy atom. The summed E-state index contributed by atoms with van der Waals surface area (Å²) in [5, 5.41) is 14.3. The molecule has 148 valence electrons. The van der Waals surface area contributed by atoms with E-state index >= 15 is 0 Å². The van der Waals surface area contributed by atoms with Gasteiger partial charge in [0.2, 0.25) is 0 Å². The Labute approximate surface area is 163 Å². The molecule has 3 N–H and O–H groups in total. The summed E-state index contributed by atoms with van der Waals surface area (Å²) in [4.78, 5) is 34.6. The second-order valence-corrected chi connectivity index (χ2v) is 6.03. The number of carboxylic acids is 1. The molecule has 0 unspecified atom stereocenters. The number of ketones is 1. The standard InChI is InChI=1S/C21H24N2O5/c1-2-28-18-9-5-15(6-10-18)19(24)11-13-22-17-7-3-16(4-8-17)21(27)23-14-12-20(25)26/h3-10,22H,2,11-14H2,1H3,(H,23,27)(H,25,26). The van der Waals surface area contributed by atoms with Crippen LogP contribution in [0.15, 0.2) is 48.5 Å². The summed E-state index contributed by atoms with van der Waals surface area (Å²) in [5.41, 5.74) is 1.88. The van der Waals surface area contributed by atoms with Crippen LogP contribution in [0.5, 0.6) is 5.75 Å². The first-order valence-electron chi connectivity index (χ1n) is 9.09. The highest BCUT2D eigenvalue weighted by atomic mass is 16.5. The predicted octanol–water partition coefficient (Wildman–Crippen LogP) is 2.97. The Morgan fingerprint density at radius 3 is 2.14 bits per heavy atom. The molecule has 2 aromatic rings. The molecule has 1 amide bonds. The minimum atomic E-state index is -0.959. The molecule has 0 saturated heterocycles. The van der Waals surface area contributed by atoms with E-state index in [1.165, 1.54) is 0 Å². The monoisotopic (exact) mass is 384 g/mol. The predicted molar refractivity (Wildman–Crippen MR) is 106 cm³/mol. The second kappa shape index (κ2) is 10.7. The van der Waals surface area contributed by atoms with Crippen LogP contribution in [0.4, 0.5) is 5.69 Å². The molecule has 7 heteroatoms. The lowest BCUT2D eigenvalue weighted by atomic mass is 10.1. The molecular weight excluding hydrogens is 360 g/mol. The highest BCUT2D eigenvalue weighted by molar-refractivity contribution is 5.96. The number of anilines is 1. The highest BCUT2D eigenvalue weighted by Crippen LogP contribution is 2.14. The minimum Gasteiger partial charge on any atom is -0.494 e. The van der Waals surface area contributed by atoms with Crippen LogP contribution in [-0.2, 0) is 4.79 Å². The Balaban J connectivity index is 1.77. The molecule has 0 aliphatic carbocycles. The first-order valence-corrected chi connectivity index (χ1v) is 9.09. The van der Waals surface area contributed by atoms with Gasteiger partial charge in [0.25, 0.3) is 5.91 Å². The zero-order chi connectivity index (χ0) is 20.4. The van der Waals surface area contributed by atoms with Crippen molar-refractivity contribution in [1.29, 1.82) is 0 Å². The van der Waals surface area contributed by atoms with Crippen molar-refractivity contribution in [2.75, 3.05) is 25.0 Å². The average molecular weight is 384 g/mol. The van der Waals surface area contributed by atoms with Crippen LogP contribution in [0.25, 0.3) is 0 Å². The minimum absolute atomic E-state index is 0.0324. The molecule has 0 spiro atoms. The molecule has 0 heterocycles. The van der Waals surface area contributed by atoms with Gasteiger partial charge in [0, 0.05) is 36.3 Å². The summed E-state index contributed by atoms with van der Waals surface area (Å²) in [6.45, 7) is 3.04. The van der Waals surface area contributed by atoms with E-state index in [1.807, 2.05) is 6.92 Å². The third-order valence-corrected chi connectivity index (χ3v) is 3.94. The SMILES string of the molecule is CCOc1ccc(C(=O)CCNc2ccc(C(=O)NCCC(=O)O)cc2)cc1. The number of ether oxygens (including phenoxy) is 1. The fraction of sp³-hybridized carbons (Fsp3) is 0.286. The average Bonchev–Trinajstić information content (AvgIpc) is 2.69. The van der Waals surface area contributed by atoms with Gasteiger partial charge in [-0.3, -0.25) is 14.4 Å². The van der Waals surface area contributed by atoms with Crippen molar-refractivity contribution in [2.24, 2.45) is 0 Å². The van der Waals surface area contributed by atoms with Gasteiger partial charge in [-0.1, -0.05) is 0 Å². The van der Waals surface area contributed by atoms with Gasteiger partial charge in [-0.25, -0.2) is 0 Å². The number of benzene rings is 2. The van der Waals surface area contributed by atoms with Crippen molar-refractivity contribution < 1.29 is 24.2 Å². The lowest BCUT2D eigenvalue weighted by Gasteiger charge is -2.08. The van der Waals surface area contributed by atoms with E-state index in [9.17, 15) is 14.4 Å². The van der Waals surface area contributed by atoms with Gasteiger partial charge in [0.15, 0.2) is 5.78 Å². The molecule has 28 heavy (non-hydrogen) atoms. The van der Waals surface area contributed by atoms with Crippen LogP contribution < -0.4 is 15.4 Å². The number of hydrogen-bond donors (Lipinski definition) is 3. The molecule has 7 nitrogen and oxygen atoms in total. The van der Waals surface area contributed by atoms with Gasteiger partial charge in [-0.15, -0.1) is 0 Å². The van der Waals surface area contributed by atoms with Crippen molar-refractivity contribution in [3.05, 3.63) is 59.7 Å². The fourth-order valence-electron chi connectivity index (χ4n) is 2.49. The first-order chi connectivity index (χ1) is 13.5. The van der Waals surface area contributed by atoms with Gasteiger partial charge < -0.3 is 20.5 Å². The van der Waals surface area contributed by atoms with Crippen LogP contribution >= 0.6 is 0 Å². The number of nitrogens with one attached hydrogen (secondary N) is 2. The molecule has 0 saturated carbocycles. The quantitative estimate of drug-likeness (QED) is 0.515. The number of carbonyl (C=O) groups is 3. The van der Waals surface area contributed by atoms with Gasteiger partial charge in [-0.05, 0) is 55.5 Å². The van der Waals surface area contributed by atoms with Crippen LogP contribution in [-0.4, -0.2) is 42.5 Å². The Kier molecular flexibility index (Phi) is 8.02. The van der Waals surface area contributed by atoms with Gasteiger partial charge >= 0.3 is 5.97 Å². The van der Waals surface area contributed by atoms with Gasteiger partial charge in [-0.2, -0.15) is 0 Å². The molecule has 0 aliphatic rings. The number of carboxylic acid groups (broad SMARTS) is 1. The Hall–Kier alpha value is -3.35. The number of aliphatic carboxylic acids is 1. The van der Waals surface area contributed by atoms with Crippen molar-refractivity contribution in [1.82, 2.24) is 5.32 Å². The molecule has 0 fully saturated rings. The summed E-state index contributed by atoms with van der Waals surface area (Å²) in [6, 6.07) is 13.9. The molecule has 0 radical (unpaired) electrons. The van der Waals surface area contributed by atoms with Gasteiger partial charge in [0.05, 0.1) is 13.0 Å². The van der Waals surface area contributed by atoms with Crippen LogP contribution in [0.2, 0.25) is 0 Å². The summed E-state index contributed by atoms with van der Waals surface area (Å²) in [7, 11) is 0. The number of rotatable bonds is 11.